The number of thioether (sulfide) groups is 1. The van der Waals surface area contributed by atoms with Crippen LogP contribution in [0.2, 0.25) is 10.0 Å². The molecule has 0 aliphatic rings. The molecule has 0 fully saturated rings. The van der Waals surface area contributed by atoms with E-state index in [0.29, 0.717) is 36.5 Å². The molecule has 150 valence electrons. The predicted molar refractivity (Wildman–Crippen MR) is 117 cm³/mol. The Morgan fingerprint density at radius 1 is 1.07 bits per heavy atom. The van der Waals surface area contributed by atoms with E-state index in [1.54, 1.807) is 42.5 Å². The van der Waals surface area contributed by atoms with Crippen molar-refractivity contribution in [2.45, 2.75) is 4.34 Å². The van der Waals surface area contributed by atoms with Crippen LogP contribution in [-0.4, -0.2) is 34.9 Å². The Labute approximate surface area is 184 Å². The van der Waals surface area contributed by atoms with Gasteiger partial charge in [-0.3, -0.25) is 14.9 Å². The van der Waals surface area contributed by atoms with E-state index in [0.717, 1.165) is 0 Å². The highest BCUT2D eigenvalue weighted by Crippen LogP contribution is 2.29. The average molecular weight is 469 g/mol. The van der Waals surface area contributed by atoms with Crippen LogP contribution in [0.15, 0.2) is 46.8 Å². The van der Waals surface area contributed by atoms with Gasteiger partial charge >= 0.3 is 0 Å². The smallest absolute Gasteiger partial charge is 0.257 e. The number of hydrogen-bond acceptors (Lipinski definition) is 7. The summed E-state index contributed by atoms with van der Waals surface area (Å²) in [6, 6.07) is 11.4. The van der Waals surface area contributed by atoms with E-state index < -0.39 is 0 Å². The van der Waals surface area contributed by atoms with E-state index >= 15 is 0 Å². The molecule has 11 heteroatoms. The van der Waals surface area contributed by atoms with Gasteiger partial charge in [0.2, 0.25) is 11.0 Å². The zero-order valence-electron chi connectivity index (χ0n) is 14.9. The number of carbonyl (C=O) groups is 2. The van der Waals surface area contributed by atoms with Gasteiger partial charge in [0.1, 0.15) is 5.75 Å². The summed E-state index contributed by atoms with van der Waals surface area (Å²) in [5.74, 6) is 0.0450. The third kappa shape index (κ3) is 6.07. The first-order valence-corrected chi connectivity index (χ1v) is 10.7. The summed E-state index contributed by atoms with van der Waals surface area (Å²) in [6.07, 6.45) is 0. The van der Waals surface area contributed by atoms with Crippen LogP contribution < -0.4 is 15.4 Å². The monoisotopic (exact) mass is 468 g/mol. The first-order chi connectivity index (χ1) is 13.9. The minimum atomic E-state index is -0.319. The first-order valence-electron chi connectivity index (χ1n) is 8.11. The van der Waals surface area contributed by atoms with Crippen molar-refractivity contribution in [3.8, 4) is 5.75 Å². The molecule has 0 saturated carbocycles. The third-order valence-electron chi connectivity index (χ3n) is 3.50. The number of anilines is 2. The predicted octanol–water partition coefficient (Wildman–Crippen LogP) is 4.84. The molecule has 0 unspecified atom stereocenters. The van der Waals surface area contributed by atoms with Gasteiger partial charge in [-0.15, -0.1) is 10.2 Å². The second-order valence-corrected chi connectivity index (χ2v) is 8.59. The highest BCUT2D eigenvalue weighted by Gasteiger charge is 2.13. The van der Waals surface area contributed by atoms with Crippen LogP contribution in [0.3, 0.4) is 0 Å². The zero-order valence-corrected chi connectivity index (χ0v) is 18.1. The molecule has 29 heavy (non-hydrogen) atoms. The molecular weight excluding hydrogens is 455 g/mol. The molecule has 1 heterocycles. The summed E-state index contributed by atoms with van der Waals surface area (Å²) in [6.45, 7) is 0. The molecule has 0 spiro atoms. The molecule has 0 aliphatic carbocycles. The lowest BCUT2D eigenvalue weighted by molar-refractivity contribution is -0.113. The summed E-state index contributed by atoms with van der Waals surface area (Å²) in [4.78, 5) is 24.4. The van der Waals surface area contributed by atoms with Crippen molar-refractivity contribution in [2.24, 2.45) is 0 Å². The molecular formula is C18H14Cl2N4O3S2. The Morgan fingerprint density at radius 3 is 2.52 bits per heavy atom. The van der Waals surface area contributed by atoms with E-state index in [-0.39, 0.29) is 17.6 Å². The maximum absolute atomic E-state index is 12.2. The summed E-state index contributed by atoms with van der Waals surface area (Å²) in [5, 5.41) is 14.7. The van der Waals surface area contributed by atoms with E-state index in [2.05, 4.69) is 20.8 Å². The van der Waals surface area contributed by atoms with Gasteiger partial charge in [0, 0.05) is 15.6 Å². The third-order valence-corrected chi connectivity index (χ3v) is 5.95. The van der Waals surface area contributed by atoms with Gasteiger partial charge < -0.3 is 10.1 Å². The van der Waals surface area contributed by atoms with Crippen molar-refractivity contribution in [3.05, 3.63) is 58.1 Å². The number of carbonyl (C=O) groups excluding carboxylic acids is 2. The van der Waals surface area contributed by atoms with E-state index in [9.17, 15) is 9.59 Å². The average Bonchev–Trinajstić information content (AvgIpc) is 3.14. The van der Waals surface area contributed by atoms with Gasteiger partial charge in [-0.2, -0.15) is 0 Å². The number of methoxy groups -OCH3 is 1. The fourth-order valence-corrected chi connectivity index (χ4v) is 4.03. The molecule has 3 rings (SSSR count). The molecule has 0 radical (unpaired) electrons. The molecule has 0 aliphatic heterocycles. The van der Waals surface area contributed by atoms with Crippen molar-refractivity contribution < 1.29 is 14.3 Å². The van der Waals surface area contributed by atoms with Crippen molar-refractivity contribution in [1.29, 1.82) is 0 Å². The normalized spacial score (nSPS) is 10.4. The van der Waals surface area contributed by atoms with Gasteiger partial charge in [-0.1, -0.05) is 46.3 Å². The van der Waals surface area contributed by atoms with Crippen molar-refractivity contribution in [2.75, 3.05) is 23.5 Å². The van der Waals surface area contributed by atoms with Crippen LogP contribution in [0.25, 0.3) is 0 Å². The second kappa shape index (κ2) is 9.93. The fraction of sp³-hybridized carbons (Fsp3) is 0.111. The summed E-state index contributed by atoms with van der Waals surface area (Å²) < 4.78 is 5.75. The minimum absolute atomic E-state index is 0.107. The molecule has 2 N–H and O–H groups in total. The van der Waals surface area contributed by atoms with Gasteiger partial charge in [0.25, 0.3) is 5.91 Å². The summed E-state index contributed by atoms with van der Waals surface area (Å²) in [7, 11) is 1.51. The lowest BCUT2D eigenvalue weighted by atomic mass is 10.2. The van der Waals surface area contributed by atoms with Gasteiger partial charge in [0.05, 0.1) is 18.6 Å². The minimum Gasteiger partial charge on any atom is -0.495 e. The number of rotatable bonds is 7. The molecule has 1 aromatic heterocycles. The highest BCUT2D eigenvalue weighted by atomic mass is 35.5. The SMILES string of the molecule is COc1ccc(Cl)cc1NC(=O)CSc1nnc(NC(=O)c2ccc(Cl)cc2)s1. The van der Waals surface area contributed by atoms with Crippen molar-refractivity contribution in [1.82, 2.24) is 10.2 Å². The molecule has 0 saturated heterocycles. The first kappa shape index (κ1) is 21.4. The quantitative estimate of drug-likeness (QED) is 0.380. The standard InChI is InChI=1S/C18H14Cl2N4O3S2/c1-27-14-7-6-12(20)8-13(14)21-15(25)9-28-18-24-23-17(29-18)22-16(26)10-2-4-11(19)5-3-10/h2-8H,9H2,1H3,(H,21,25)(H,22,23,26). The van der Waals surface area contributed by atoms with Gasteiger partial charge in [-0.05, 0) is 42.5 Å². The van der Waals surface area contributed by atoms with Gasteiger partial charge in [-0.25, -0.2) is 0 Å². The van der Waals surface area contributed by atoms with Crippen LogP contribution in [-0.2, 0) is 4.79 Å². The van der Waals surface area contributed by atoms with Crippen molar-refractivity contribution in [3.63, 3.8) is 0 Å². The zero-order chi connectivity index (χ0) is 20.8. The number of halogens is 2. The second-order valence-electron chi connectivity index (χ2n) is 5.52. The van der Waals surface area contributed by atoms with E-state index in [1.165, 1.54) is 30.2 Å². The molecule has 7 nitrogen and oxygen atoms in total. The van der Waals surface area contributed by atoms with Crippen molar-refractivity contribution >= 4 is 68.9 Å². The van der Waals surface area contributed by atoms with Crippen LogP contribution in [0.5, 0.6) is 5.75 Å². The maximum Gasteiger partial charge on any atom is 0.257 e. The van der Waals surface area contributed by atoms with Crippen LogP contribution in [0.1, 0.15) is 10.4 Å². The molecule has 2 aromatic carbocycles. The number of nitrogens with zero attached hydrogens (tertiary/aromatic N) is 2. The fourth-order valence-electron chi connectivity index (χ4n) is 2.18. The van der Waals surface area contributed by atoms with Crippen LogP contribution in [0, 0.1) is 0 Å². The molecule has 2 amide bonds. The van der Waals surface area contributed by atoms with Crippen LogP contribution in [0.4, 0.5) is 10.8 Å². The number of ether oxygens (including phenoxy) is 1. The largest absolute Gasteiger partial charge is 0.495 e. The number of amides is 2. The lowest BCUT2D eigenvalue weighted by Crippen LogP contribution is -2.14. The maximum atomic E-state index is 12.2. The molecule has 0 bridgehead atoms. The van der Waals surface area contributed by atoms with Crippen LogP contribution >= 0.6 is 46.3 Å². The Bertz CT molecular complexity index is 1030. The topological polar surface area (TPSA) is 93.2 Å². The molecule has 0 atom stereocenters. The lowest BCUT2D eigenvalue weighted by Gasteiger charge is -2.09. The Balaban J connectivity index is 1.54. The Hall–Kier alpha value is -2.33. The summed E-state index contributed by atoms with van der Waals surface area (Å²) >= 11 is 14.1. The van der Waals surface area contributed by atoms with E-state index in [4.69, 9.17) is 27.9 Å². The Morgan fingerprint density at radius 2 is 1.79 bits per heavy atom. The molecule has 3 aromatic rings. The number of aromatic nitrogens is 2. The highest BCUT2D eigenvalue weighted by molar-refractivity contribution is 8.01. The number of hydrogen-bond donors (Lipinski definition) is 2. The van der Waals surface area contributed by atoms with E-state index in [1.807, 2.05) is 0 Å². The number of benzene rings is 2. The Kier molecular flexibility index (Phi) is 7.32. The summed E-state index contributed by atoms with van der Waals surface area (Å²) in [5.41, 5.74) is 0.937. The number of nitrogens with one attached hydrogen (secondary N) is 2. The van der Waals surface area contributed by atoms with Gasteiger partial charge in [0.15, 0.2) is 4.34 Å².